The maximum absolute atomic E-state index is 12.1. The zero-order valence-corrected chi connectivity index (χ0v) is 12.7. The number of nitrogens with zero attached hydrogens (tertiary/aromatic N) is 1. The minimum Gasteiger partial charge on any atom is -0.388 e. The van der Waals surface area contributed by atoms with Gasteiger partial charge < -0.3 is 10.4 Å². The Morgan fingerprint density at radius 1 is 1.43 bits per heavy atom. The van der Waals surface area contributed by atoms with Crippen molar-refractivity contribution >= 4 is 17.4 Å². The van der Waals surface area contributed by atoms with Crippen LogP contribution in [0, 0.1) is 12.3 Å². The molecule has 0 radical (unpaired) electrons. The van der Waals surface area contributed by atoms with Crippen LogP contribution in [0.5, 0.6) is 0 Å². The van der Waals surface area contributed by atoms with Crippen molar-refractivity contribution < 1.29 is 9.90 Å². The lowest BCUT2D eigenvalue weighted by Gasteiger charge is -2.23. The number of hydrogen-bond acceptors (Lipinski definition) is 4. The van der Waals surface area contributed by atoms with Gasteiger partial charge in [-0.3, -0.25) is 4.79 Å². The third-order valence-electron chi connectivity index (χ3n) is 4.18. The van der Waals surface area contributed by atoms with Crippen LogP contribution in [0.25, 0.3) is 0 Å². The number of rotatable bonds is 5. The van der Waals surface area contributed by atoms with Gasteiger partial charge in [-0.1, -0.05) is 30.3 Å². The van der Waals surface area contributed by atoms with Crippen molar-refractivity contribution in [3.05, 3.63) is 52.5 Å². The van der Waals surface area contributed by atoms with Crippen LogP contribution in [0.1, 0.15) is 40.6 Å². The average Bonchev–Trinajstić information content (AvgIpc) is 3.19. The van der Waals surface area contributed by atoms with Gasteiger partial charge in [-0.05, 0) is 36.9 Å². The lowest BCUT2D eigenvalue weighted by atomic mass is 9.92. The zero-order chi connectivity index (χ0) is 14.9. The van der Waals surface area contributed by atoms with E-state index in [-0.39, 0.29) is 11.3 Å². The SMILES string of the molecule is Cc1nscc1C(=O)NCC1(C(O)c2ccccc2)CC1. The Balaban J connectivity index is 1.65. The maximum Gasteiger partial charge on any atom is 0.254 e. The number of carbonyl (C=O) groups excluding carboxylic acids is 1. The second kappa shape index (κ2) is 5.58. The number of hydrogen-bond donors (Lipinski definition) is 2. The number of aliphatic hydroxyl groups excluding tert-OH is 1. The van der Waals surface area contributed by atoms with E-state index in [9.17, 15) is 9.90 Å². The van der Waals surface area contributed by atoms with Crippen LogP contribution in [-0.2, 0) is 0 Å². The summed E-state index contributed by atoms with van der Waals surface area (Å²) in [6.45, 7) is 2.33. The highest BCUT2D eigenvalue weighted by Crippen LogP contribution is 2.54. The zero-order valence-electron chi connectivity index (χ0n) is 11.9. The lowest BCUT2D eigenvalue weighted by molar-refractivity contribution is 0.0808. The van der Waals surface area contributed by atoms with Crippen LogP contribution in [0.2, 0.25) is 0 Å². The van der Waals surface area contributed by atoms with E-state index in [1.165, 1.54) is 11.5 Å². The summed E-state index contributed by atoms with van der Waals surface area (Å²) >= 11 is 1.29. The molecule has 0 aliphatic heterocycles. The van der Waals surface area contributed by atoms with Gasteiger partial charge in [0.2, 0.25) is 0 Å². The monoisotopic (exact) mass is 302 g/mol. The number of nitrogens with one attached hydrogen (secondary N) is 1. The largest absolute Gasteiger partial charge is 0.388 e. The highest BCUT2D eigenvalue weighted by atomic mass is 32.1. The Bertz CT molecular complexity index is 635. The predicted molar refractivity (Wildman–Crippen MR) is 82.3 cm³/mol. The van der Waals surface area contributed by atoms with Crippen LogP contribution in [0.15, 0.2) is 35.7 Å². The van der Waals surface area contributed by atoms with Gasteiger partial charge in [-0.25, -0.2) is 0 Å². The number of aryl methyl sites for hydroxylation is 1. The second-order valence-electron chi connectivity index (χ2n) is 5.67. The molecular weight excluding hydrogens is 284 g/mol. The summed E-state index contributed by atoms with van der Waals surface area (Å²) in [6.07, 6.45) is 1.34. The molecule has 0 saturated heterocycles. The Kier molecular flexibility index (Phi) is 3.78. The van der Waals surface area contributed by atoms with Gasteiger partial charge in [-0.15, -0.1) is 0 Å². The number of aliphatic hydroxyl groups is 1. The molecule has 4 nitrogen and oxygen atoms in total. The third-order valence-corrected chi connectivity index (χ3v) is 4.90. The van der Waals surface area contributed by atoms with E-state index >= 15 is 0 Å². The first-order valence-electron chi connectivity index (χ1n) is 7.05. The van der Waals surface area contributed by atoms with Crippen LogP contribution in [0.3, 0.4) is 0 Å². The van der Waals surface area contributed by atoms with Gasteiger partial charge in [0.1, 0.15) is 0 Å². The average molecular weight is 302 g/mol. The summed E-state index contributed by atoms with van der Waals surface area (Å²) in [5, 5.41) is 15.3. The molecular formula is C16H18N2O2S. The summed E-state index contributed by atoms with van der Waals surface area (Å²) in [7, 11) is 0. The standard InChI is InChI=1S/C16H18N2O2S/c1-11-13(9-21-18-11)15(20)17-10-16(7-8-16)14(19)12-5-3-2-4-6-12/h2-6,9,14,19H,7-8,10H2,1H3,(H,17,20). The highest BCUT2D eigenvalue weighted by Gasteiger charge is 2.49. The summed E-state index contributed by atoms with van der Waals surface area (Å²) in [4.78, 5) is 12.1. The predicted octanol–water partition coefficient (Wildman–Crippen LogP) is 2.70. The Labute approximate surface area is 128 Å². The topological polar surface area (TPSA) is 62.2 Å². The molecule has 1 aliphatic rings. The van der Waals surface area contributed by atoms with Gasteiger partial charge in [0.15, 0.2) is 0 Å². The molecule has 2 N–H and O–H groups in total. The van der Waals surface area contributed by atoms with E-state index in [1.54, 1.807) is 5.38 Å². The van der Waals surface area contributed by atoms with Crippen molar-refractivity contribution in [3.8, 4) is 0 Å². The first kappa shape index (κ1) is 14.2. The van der Waals surface area contributed by atoms with E-state index in [4.69, 9.17) is 0 Å². The molecule has 1 amide bonds. The molecule has 1 atom stereocenters. The van der Waals surface area contributed by atoms with Crippen LogP contribution < -0.4 is 5.32 Å². The van der Waals surface area contributed by atoms with Crippen LogP contribution in [-0.4, -0.2) is 21.9 Å². The van der Waals surface area contributed by atoms with Crippen molar-refractivity contribution in [3.63, 3.8) is 0 Å². The molecule has 0 spiro atoms. The van der Waals surface area contributed by atoms with Crippen molar-refractivity contribution in [1.82, 2.24) is 9.69 Å². The molecule has 1 aromatic carbocycles. The van der Waals surface area contributed by atoms with Crippen molar-refractivity contribution in [2.24, 2.45) is 5.41 Å². The number of amides is 1. The molecule has 1 aromatic heterocycles. The normalized spacial score (nSPS) is 17.2. The fourth-order valence-electron chi connectivity index (χ4n) is 2.56. The first-order valence-corrected chi connectivity index (χ1v) is 7.88. The molecule has 1 aliphatic carbocycles. The fourth-order valence-corrected chi connectivity index (χ4v) is 3.25. The summed E-state index contributed by atoms with van der Waals surface area (Å²) in [5.41, 5.74) is 2.09. The van der Waals surface area contributed by atoms with Crippen LogP contribution in [0.4, 0.5) is 0 Å². The maximum atomic E-state index is 12.1. The molecule has 2 aromatic rings. The van der Waals surface area contributed by atoms with Gasteiger partial charge in [-0.2, -0.15) is 4.37 Å². The van der Waals surface area contributed by atoms with Gasteiger partial charge >= 0.3 is 0 Å². The Morgan fingerprint density at radius 2 is 2.14 bits per heavy atom. The molecule has 1 fully saturated rings. The first-order chi connectivity index (χ1) is 10.1. The van der Waals surface area contributed by atoms with E-state index in [0.717, 1.165) is 24.1 Å². The van der Waals surface area contributed by atoms with Gasteiger partial charge in [0.25, 0.3) is 5.91 Å². The molecule has 1 heterocycles. The van der Waals surface area contributed by atoms with E-state index < -0.39 is 6.10 Å². The lowest BCUT2D eigenvalue weighted by Crippen LogP contribution is -2.33. The van der Waals surface area contributed by atoms with Crippen molar-refractivity contribution in [2.45, 2.75) is 25.9 Å². The third kappa shape index (κ3) is 2.84. The summed E-state index contributed by atoms with van der Waals surface area (Å²) in [6, 6.07) is 9.64. The van der Waals surface area contributed by atoms with E-state index in [2.05, 4.69) is 9.69 Å². The molecule has 5 heteroatoms. The van der Waals surface area contributed by atoms with Crippen molar-refractivity contribution in [1.29, 1.82) is 0 Å². The minimum atomic E-state index is -0.527. The molecule has 110 valence electrons. The quantitative estimate of drug-likeness (QED) is 0.892. The molecule has 21 heavy (non-hydrogen) atoms. The number of aromatic nitrogens is 1. The van der Waals surface area contributed by atoms with Gasteiger partial charge in [0, 0.05) is 17.3 Å². The fraction of sp³-hybridized carbons (Fsp3) is 0.375. The second-order valence-corrected chi connectivity index (χ2v) is 6.30. The highest BCUT2D eigenvalue weighted by molar-refractivity contribution is 7.03. The number of benzene rings is 1. The minimum absolute atomic E-state index is 0.104. The molecule has 0 bridgehead atoms. The summed E-state index contributed by atoms with van der Waals surface area (Å²) in [5.74, 6) is -0.104. The van der Waals surface area contributed by atoms with Gasteiger partial charge in [0.05, 0.1) is 17.4 Å². The molecule has 3 rings (SSSR count). The number of carbonyl (C=O) groups is 1. The van der Waals surface area contributed by atoms with Crippen molar-refractivity contribution in [2.75, 3.05) is 6.54 Å². The molecule has 1 saturated carbocycles. The van der Waals surface area contributed by atoms with E-state index in [0.29, 0.717) is 12.1 Å². The molecule has 1 unspecified atom stereocenters. The van der Waals surface area contributed by atoms with Crippen LogP contribution >= 0.6 is 11.5 Å². The summed E-state index contributed by atoms with van der Waals surface area (Å²) < 4.78 is 4.11. The van der Waals surface area contributed by atoms with E-state index in [1.807, 2.05) is 37.3 Å². The smallest absolute Gasteiger partial charge is 0.254 e. The Morgan fingerprint density at radius 3 is 2.71 bits per heavy atom. The Hall–Kier alpha value is -1.72.